The maximum Gasteiger partial charge on any atom is 0.275 e. The van der Waals surface area contributed by atoms with Crippen LogP contribution in [0, 0.1) is 0 Å². The maximum atomic E-state index is 12.5. The minimum atomic E-state index is -0.699. The zero-order valence-corrected chi connectivity index (χ0v) is 19.1. The quantitative estimate of drug-likeness (QED) is 0.276. The van der Waals surface area contributed by atoms with Crippen molar-refractivity contribution in [1.29, 1.82) is 0 Å². The number of aliphatic hydroxyl groups is 2. The van der Waals surface area contributed by atoms with E-state index < -0.39 is 5.91 Å². The fourth-order valence-electron chi connectivity index (χ4n) is 4.20. The van der Waals surface area contributed by atoms with Gasteiger partial charge in [-0.1, -0.05) is 61.5 Å². The number of aromatic nitrogens is 1. The first kappa shape index (κ1) is 23.4. The number of fused-ring (bicyclic) bond motifs is 1. The number of aliphatic hydroxyl groups excluding tert-OH is 2. The molecule has 6 nitrogen and oxygen atoms in total. The molecule has 34 heavy (non-hydrogen) atoms. The van der Waals surface area contributed by atoms with Crippen LogP contribution >= 0.6 is 0 Å². The molecule has 1 aliphatic carbocycles. The molecule has 6 heteroatoms. The standard InChI is InChI=1S/C28H28N2O4/c1-2-19-6-3-7-24-26(27(19)32)23(28(33)30-34)17-25(29-24)22-14-12-21(13-15-22)20-10-8-18(9-11-20)5-4-16-31/h3,7-15,17,31-32,34H,2,4-6,16H2,1H3,(H,30,33). The Morgan fingerprint density at radius 1 is 1.03 bits per heavy atom. The van der Waals surface area contributed by atoms with Crippen molar-refractivity contribution in [3.05, 3.63) is 88.6 Å². The largest absolute Gasteiger partial charge is 0.507 e. The molecule has 2 aromatic carbocycles. The van der Waals surface area contributed by atoms with Crippen LogP contribution in [-0.4, -0.2) is 32.9 Å². The third-order valence-electron chi connectivity index (χ3n) is 6.12. The van der Waals surface area contributed by atoms with Crippen LogP contribution in [0.15, 0.2) is 66.2 Å². The van der Waals surface area contributed by atoms with E-state index >= 15 is 0 Å². The van der Waals surface area contributed by atoms with Crippen molar-refractivity contribution in [3.63, 3.8) is 0 Å². The lowest BCUT2D eigenvalue weighted by Gasteiger charge is -2.14. The molecule has 0 saturated heterocycles. The van der Waals surface area contributed by atoms with E-state index in [4.69, 9.17) is 10.1 Å². The van der Waals surface area contributed by atoms with E-state index in [2.05, 4.69) is 24.3 Å². The van der Waals surface area contributed by atoms with Crippen LogP contribution in [0.1, 0.15) is 53.4 Å². The van der Waals surface area contributed by atoms with Crippen LogP contribution in [-0.2, 0) is 6.42 Å². The molecule has 4 rings (SSSR count). The second-order valence-corrected chi connectivity index (χ2v) is 8.27. The number of carbonyl (C=O) groups excluding carboxylic acids is 1. The van der Waals surface area contributed by atoms with E-state index in [0.717, 1.165) is 35.1 Å². The van der Waals surface area contributed by atoms with E-state index in [1.54, 1.807) is 17.6 Å². The number of hydrogen-bond acceptors (Lipinski definition) is 5. The van der Waals surface area contributed by atoms with Crippen molar-refractivity contribution >= 4 is 17.7 Å². The molecule has 0 bridgehead atoms. The van der Waals surface area contributed by atoms with Gasteiger partial charge in [0.2, 0.25) is 0 Å². The zero-order chi connectivity index (χ0) is 24.1. The third kappa shape index (κ3) is 4.78. The van der Waals surface area contributed by atoms with Crippen molar-refractivity contribution in [3.8, 4) is 22.4 Å². The molecule has 0 saturated carbocycles. The number of benzene rings is 2. The van der Waals surface area contributed by atoms with Gasteiger partial charge in [0.05, 0.1) is 22.5 Å². The normalized spacial score (nSPS) is 12.9. The number of pyridine rings is 1. The van der Waals surface area contributed by atoms with Crippen LogP contribution in [0.2, 0.25) is 0 Å². The summed E-state index contributed by atoms with van der Waals surface area (Å²) in [5.74, 6) is -0.659. The van der Waals surface area contributed by atoms with Gasteiger partial charge in [0.25, 0.3) is 5.91 Å². The van der Waals surface area contributed by atoms with Crippen molar-refractivity contribution < 1.29 is 20.2 Å². The molecule has 3 aromatic rings. The molecule has 0 spiro atoms. The average molecular weight is 457 g/mol. The number of nitrogens with zero attached hydrogens (tertiary/aromatic N) is 1. The molecule has 0 unspecified atom stereocenters. The first-order chi connectivity index (χ1) is 16.5. The molecule has 1 amide bonds. The monoisotopic (exact) mass is 456 g/mol. The van der Waals surface area contributed by atoms with Crippen LogP contribution in [0.4, 0.5) is 0 Å². The predicted octanol–water partition coefficient (Wildman–Crippen LogP) is 5.56. The zero-order valence-electron chi connectivity index (χ0n) is 19.1. The summed E-state index contributed by atoms with van der Waals surface area (Å²) in [4.78, 5) is 17.2. The molecular formula is C28H28N2O4. The molecule has 1 aromatic heterocycles. The summed E-state index contributed by atoms with van der Waals surface area (Å²) >= 11 is 0. The topological polar surface area (TPSA) is 103 Å². The lowest BCUT2D eigenvalue weighted by Crippen LogP contribution is -2.21. The number of amides is 1. The Labute approximate surface area is 198 Å². The van der Waals surface area contributed by atoms with Crippen molar-refractivity contribution in [2.45, 2.75) is 32.6 Å². The summed E-state index contributed by atoms with van der Waals surface area (Å²) in [6.07, 6.45) is 6.54. The summed E-state index contributed by atoms with van der Waals surface area (Å²) < 4.78 is 0. The highest BCUT2D eigenvalue weighted by Gasteiger charge is 2.23. The SMILES string of the molecule is CCC1=C(O)c2c(C(=O)NO)cc(-c3ccc(-c4ccc(CCCO)cc4)cc3)nc2C=CC1. The second-order valence-electron chi connectivity index (χ2n) is 8.27. The van der Waals surface area contributed by atoms with Gasteiger partial charge in [-0.25, -0.2) is 10.5 Å². The van der Waals surface area contributed by atoms with Gasteiger partial charge in [0.1, 0.15) is 5.76 Å². The molecule has 0 atom stereocenters. The highest BCUT2D eigenvalue weighted by Crippen LogP contribution is 2.33. The number of carbonyl (C=O) groups is 1. The van der Waals surface area contributed by atoms with Gasteiger partial charge in [-0.05, 0) is 60.1 Å². The summed E-state index contributed by atoms with van der Waals surface area (Å²) in [6.45, 7) is 2.13. The number of allylic oxidation sites excluding steroid dienone is 2. The molecule has 4 N–H and O–H groups in total. The van der Waals surface area contributed by atoms with Crippen molar-refractivity contribution in [2.75, 3.05) is 6.61 Å². The Kier molecular flexibility index (Phi) is 7.21. The lowest BCUT2D eigenvalue weighted by atomic mass is 9.96. The van der Waals surface area contributed by atoms with Crippen molar-refractivity contribution in [1.82, 2.24) is 10.5 Å². The van der Waals surface area contributed by atoms with E-state index in [0.29, 0.717) is 29.8 Å². The van der Waals surface area contributed by atoms with Gasteiger partial charge < -0.3 is 10.2 Å². The summed E-state index contributed by atoms with van der Waals surface area (Å²) in [5.41, 5.74) is 8.19. The molecule has 0 fully saturated rings. The van der Waals surface area contributed by atoms with Crippen LogP contribution in [0.5, 0.6) is 0 Å². The Hall–Kier alpha value is -3.74. The van der Waals surface area contributed by atoms with E-state index in [9.17, 15) is 15.1 Å². The molecule has 0 radical (unpaired) electrons. The second kappa shape index (κ2) is 10.5. The molecule has 1 aliphatic rings. The van der Waals surface area contributed by atoms with Crippen molar-refractivity contribution in [2.24, 2.45) is 0 Å². The van der Waals surface area contributed by atoms with Crippen LogP contribution in [0.25, 0.3) is 34.2 Å². The first-order valence-corrected chi connectivity index (χ1v) is 11.4. The Morgan fingerprint density at radius 2 is 1.68 bits per heavy atom. The highest BCUT2D eigenvalue weighted by atomic mass is 16.5. The molecule has 1 heterocycles. The van der Waals surface area contributed by atoms with Gasteiger partial charge in [0.15, 0.2) is 0 Å². The van der Waals surface area contributed by atoms with Gasteiger partial charge in [0, 0.05) is 12.2 Å². The van der Waals surface area contributed by atoms with Gasteiger partial charge in [-0.3, -0.25) is 10.0 Å². The number of hydroxylamine groups is 1. The summed E-state index contributed by atoms with van der Waals surface area (Å²) in [5, 5.41) is 29.2. The van der Waals surface area contributed by atoms with E-state index in [-0.39, 0.29) is 17.9 Å². The Balaban J connectivity index is 1.71. The number of hydrogen-bond donors (Lipinski definition) is 4. The minimum Gasteiger partial charge on any atom is -0.507 e. The fraction of sp³-hybridized carbons (Fsp3) is 0.214. The molecule has 0 aliphatic heterocycles. The smallest absolute Gasteiger partial charge is 0.275 e. The summed E-state index contributed by atoms with van der Waals surface area (Å²) in [7, 11) is 0. The number of rotatable bonds is 7. The van der Waals surface area contributed by atoms with E-state index in [1.807, 2.05) is 37.3 Å². The first-order valence-electron chi connectivity index (χ1n) is 11.4. The van der Waals surface area contributed by atoms with Gasteiger partial charge in [-0.15, -0.1) is 0 Å². The average Bonchev–Trinajstić information content (AvgIpc) is 3.05. The third-order valence-corrected chi connectivity index (χ3v) is 6.12. The Bertz CT molecular complexity index is 1240. The minimum absolute atomic E-state index is 0.0398. The Morgan fingerprint density at radius 3 is 2.29 bits per heavy atom. The molecule has 174 valence electrons. The predicted molar refractivity (Wildman–Crippen MR) is 133 cm³/mol. The summed E-state index contributed by atoms with van der Waals surface area (Å²) in [6, 6.07) is 17.8. The molecular weight excluding hydrogens is 428 g/mol. The maximum absolute atomic E-state index is 12.5. The van der Waals surface area contributed by atoms with Gasteiger partial charge >= 0.3 is 0 Å². The number of nitrogens with one attached hydrogen (secondary N) is 1. The van der Waals surface area contributed by atoms with Crippen LogP contribution < -0.4 is 5.48 Å². The highest BCUT2D eigenvalue weighted by molar-refractivity contribution is 6.00. The van der Waals surface area contributed by atoms with Gasteiger partial charge in [-0.2, -0.15) is 0 Å². The number of aryl methyl sites for hydroxylation is 1. The lowest BCUT2D eigenvalue weighted by molar-refractivity contribution is 0.0705. The fourth-order valence-corrected chi connectivity index (χ4v) is 4.20. The van der Waals surface area contributed by atoms with Crippen LogP contribution in [0.3, 0.4) is 0 Å². The van der Waals surface area contributed by atoms with E-state index in [1.165, 1.54) is 5.56 Å².